The second-order valence-corrected chi connectivity index (χ2v) is 13.1. The number of halogens is 3. The molecule has 7 nitrogen and oxygen atoms in total. The highest BCUT2D eigenvalue weighted by Crippen LogP contribution is 2.34. The monoisotopic (exact) mass is 683 g/mol. The zero-order valence-corrected chi connectivity index (χ0v) is 27.3. The molecular weight excluding hydrogens is 649 g/mol. The Labute approximate surface area is 284 Å². The standard InChI is InChI=1S/C36H36Cl3NO6/c37-36(38,39)35(40)46-34-33(44-24-29-19-11-4-12-20-29)32(43-23-28-17-9-3-10-18-28)31(42-22-27-15-7-2-8-16-27)30(45-34)25-41-21-26-13-5-1-6-14-26/h1-20,30-34,40H,21-25H2/t30-,31-,32+,33+,34-/m1/s1. The van der Waals surface area contributed by atoms with E-state index in [9.17, 15) is 0 Å². The predicted octanol–water partition coefficient (Wildman–Crippen LogP) is 8.05. The van der Waals surface area contributed by atoms with Gasteiger partial charge in [0.05, 0.1) is 33.0 Å². The molecule has 1 aliphatic heterocycles. The lowest BCUT2D eigenvalue weighted by molar-refractivity contribution is -0.313. The maximum atomic E-state index is 8.37. The average molecular weight is 685 g/mol. The lowest BCUT2D eigenvalue weighted by Crippen LogP contribution is -2.62. The van der Waals surface area contributed by atoms with Crippen LogP contribution in [0.25, 0.3) is 0 Å². The fourth-order valence-corrected chi connectivity index (χ4v) is 5.16. The summed E-state index contributed by atoms with van der Waals surface area (Å²) in [5.74, 6) is -0.606. The highest BCUT2D eigenvalue weighted by atomic mass is 35.6. The van der Waals surface area contributed by atoms with E-state index in [1.807, 2.05) is 121 Å². The summed E-state index contributed by atoms with van der Waals surface area (Å²) in [4.78, 5) is 0. The van der Waals surface area contributed by atoms with Crippen molar-refractivity contribution < 1.29 is 28.4 Å². The summed E-state index contributed by atoms with van der Waals surface area (Å²) in [6, 6.07) is 39.2. The average Bonchev–Trinajstić information content (AvgIpc) is 3.07. The van der Waals surface area contributed by atoms with E-state index in [0.29, 0.717) is 6.61 Å². The van der Waals surface area contributed by atoms with E-state index in [-0.39, 0.29) is 26.4 Å². The molecule has 1 saturated heterocycles. The van der Waals surface area contributed by atoms with Gasteiger partial charge in [0, 0.05) is 0 Å². The largest absolute Gasteiger partial charge is 0.445 e. The zero-order chi connectivity index (χ0) is 32.2. The lowest BCUT2D eigenvalue weighted by atomic mass is 9.97. The summed E-state index contributed by atoms with van der Waals surface area (Å²) in [5, 5.41) is 8.37. The predicted molar refractivity (Wildman–Crippen MR) is 179 cm³/mol. The summed E-state index contributed by atoms with van der Waals surface area (Å²) < 4.78 is 36.1. The van der Waals surface area contributed by atoms with Crippen molar-refractivity contribution >= 4 is 40.7 Å². The number of alkyl halides is 3. The third-order valence-electron chi connectivity index (χ3n) is 7.33. The Morgan fingerprint density at radius 1 is 0.565 bits per heavy atom. The topological polar surface area (TPSA) is 79.2 Å². The van der Waals surface area contributed by atoms with Gasteiger partial charge < -0.3 is 28.4 Å². The second-order valence-electron chi connectivity index (χ2n) is 10.8. The molecule has 0 radical (unpaired) electrons. The Bertz CT molecular complexity index is 1460. The van der Waals surface area contributed by atoms with E-state index in [0.717, 1.165) is 22.3 Å². The molecule has 1 heterocycles. The van der Waals surface area contributed by atoms with Crippen molar-refractivity contribution in [3.8, 4) is 0 Å². The Balaban J connectivity index is 1.46. The number of rotatable bonds is 14. The van der Waals surface area contributed by atoms with Crippen molar-refractivity contribution in [3.05, 3.63) is 144 Å². The number of benzene rings is 4. The van der Waals surface area contributed by atoms with Crippen molar-refractivity contribution in [2.24, 2.45) is 0 Å². The van der Waals surface area contributed by atoms with Crippen molar-refractivity contribution in [3.63, 3.8) is 0 Å². The van der Waals surface area contributed by atoms with Gasteiger partial charge in [-0.25, -0.2) is 0 Å². The van der Waals surface area contributed by atoms with Crippen LogP contribution >= 0.6 is 34.8 Å². The quantitative estimate of drug-likeness (QED) is 0.0823. The van der Waals surface area contributed by atoms with Crippen molar-refractivity contribution in [2.75, 3.05) is 6.61 Å². The molecule has 4 aromatic carbocycles. The molecule has 4 aromatic rings. The number of hydrogen-bond donors (Lipinski definition) is 1. The van der Waals surface area contributed by atoms with Crippen LogP contribution in [0.15, 0.2) is 121 Å². The van der Waals surface area contributed by atoms with E-state index in [1.54, 1.807) is 0 Å². The van der Waals surface area contributed by atoms with Gasteiger partial charge in [-0.2, -0.15) is 0 Å². The van der Waals surface area contributed by atoms with E-state index in [2.05, 4.69) is 0 Å². The van der Waals surface area contributed by atoms with Gasteiger partial charge in [0.2, 0.25) is 12.2 Å². The molecule has 0 spiro atoms. The van der Waals surface area contributed by atoms with Crippen LogP contribution in [0.2, 0.25) is 0 Å². The molecule has 0 unspecified atom stereocenters. The van der Waals surface area contributed by atoms with Gasteiger partial charge >= 0.3 is 0 Å². The SMILES string of the molecule is N=C(O[C@H]1O[C@H](COCc2ccccc2)[C@@H](OCc2ccccc2)[C@H](OCc2ccccc2)[C@@H]1OCc1ccccc1)C(Cl)(Cl)Cl. The third-order valence-corrected chi connectivity index (χ3v) is 7.85. The molecule has 1 aliphatic rings. The van der Waals surface area contributed by atoms with Gasteiger partial charge in [0.1, 0.15) is 24.4 Å². The van der Waals surface area contributed by atoms with Crippen LogP contribution in [0.4, 0.5) is 0 Å². The summed E-state index contributed by atoms with van der Waals surface area (Å²) in [7, 11) is 0. The number of ether oxygens (including phenoxy) is 6. The Morgan fingerprint density at radius 2 is 0.957 bits per heavy atom. The van der Waals surface area contributed by atoms with Crippen LogP contribution in [0.1, 0.15) is 22.3 Å². The molecule has 46 heavy (non-hydrogen) atoms. The minimum Gasteiger partial charge on any atom is -0.445 e. The maximum absolute atomic E-state index is 8.37. The second kappa shape index (κ2) is 17.3. The molecule has 0 saturated carbocycles. The Kier molecular flexibility index (Phi) is 12.9. The first-order chi connectivity index (χ1) is 22.4. The molecular formula is C36H36Cl3NO6. The molecule has 0 bridgehead atoms. The van der Waals surface area contributed by atoms with Gasteiger partial charge in [-0.1, -0.05) is 156 Å². The minimum absolute atomic E-state index is 0.131. The van der Waals surface area contributed by atoms with Crippen LogP contribution in [-0.2, 0) is 54.8 Å². The minimum atomic E-state index is -2.12. The maximum Gasteiger partial charge on any atom is 0.265 e. The first-order valence-corrected chi connectivity index (χ1v) is 16.1. The summed E-state index contributed by atoms with van der Waals surface area (Å²) in [6.45, 7) is 1.24. The van der Waals surface area contributed by atoms with Gasteiger partial charge in [-0.3, -0.25) is 5.41 Å². The van der Waals surface area contributed by atoms with Crippen LogP contribution in [0, 0.1) is 5.41 Å². The van der Waals surface area contributed by atoms with E-state index < -0.39 is 40.4 Å². The first-order valence-electron chi connectivity index (χ1n) is 14.9. The summed E-state index contributed by atoms with van der Waals surface area (Å²) in [5.41, 5.74) is 3.87. The van der Waals surface area contributed by atoms with Gasteiger partial charge in [0.25, 0.3) is 3.79 Å². The van der Waals surface area contributed by atoms with Gasteiger partial charge in [0.15, 0.2) is 0 Å². The summed E-state index contributed by atoms with van der Waals surface area (Å²) >= 11 is 18.1. The molecule has 0 amide bonds. The van der Waals surface area contributed by atoms with Crippen LogP contribution in [-0.4, -0.2) is 47.0 Å². The zero-order valence-electron chi connectivity index (χ0n) is 25.1. The highest BCUT2D eigenvalue weighted by molar-refractivity contribution is 6.76. The van der Waals surface area contributed by atoms with E-state index in [4.69, 9.17) is 68.6 Å². The fourth-order valence-electron chi connectivity index (χ4n) is 5.02. The van der Waals surface area contributed by atoms with Gasteiger partial charge in [-0.15, -0.1) is 0 Å². The Morgan fingerprint density at radius 3 is 1.39 bits per heavy atom. The molecule has 5 rings (SSSR count). The van der Waals surface area contributed by atoms with Crippen LogP contribution in [0.5, 0.6) is 0 Å². The Hall–Kier alpha value is -2.98. The van der Waals surface area contributed by atoms with Crippen molar-refractivity contribution in [1.82, 2.24) is 0 Å². The molecule has 242 valence electrons. The number of nitrogens with one attached hydrogen (secondary N) is 1. The summed E-state index contributed by atoms with van der Waals surface area (Å²) in [6.07, 6.45) is -4.17. The first kappa shape index (κ1) is 34.4. The fraction of sp³-hybridized carbons (Fsp3) is 0.306. The van der Waals surface area contributed by atoms with Crippen LogP contribution in [0.3, 0.4) is 0 Å². The van der Waals surface area contributed by atoms with Crippen molar-refractivity contribution in [2.45, 2.75) is 60.9 Å². The molecule has 0 aromatic heterocycles. The van der Waals surface area contributed by atoms with Crippen molar-refractivity contribution in [1.29, 1.82) is 5.41 Å². The lowest BCUT2D eigenvalue weighted by Gasteiger charge is -2.46. The van der Waals surface area contributed by atoms with E-state index in [1.165, 1.54) is 0 Å². The molecule has 5 atom stereocenters. The molecule has 1 fully saturated rings. The van der Waals surface area contributed by atoms with Gasteiger partial charge in [-0.05, 0) is 22.3 Å². The normalized spacial score (nSPS) is 21.5. The molecule has 1 N–H and O–H groups in total. The molecule has 0 aliphatic carbocycles. The smallest absolute Gasteiger partial charge is 0.265 e. The number of hydrogen-bond acceptors (Lipinski definition) is 7. The molecule has 10 heteroatoms. The third kappa shape index (κ3) is 10.3. The van der Waals surface area contributed by atoms with E-state index >= 15 is 0 Å². The highest BCUT2D eigenvalue weighted by Gasteiger charge is 2.51. The van der Waals surface area contributed by atoms with Crippen LogP contribution < -0.4 is 0 Å².